The van der Waals surface area contributed by atoms with Crippen LogP contribution in [0.25, 0.3) is 0 Å². The molecule has 1 aromatic heterocycles. The molecule has 0 bridgehead atoms. The molecular formula is C12H10F2N2O2S. The Morgan fingerprint density at radius 3 is 2.89 bits per heavy atom. The standard InChI is InChI=1S/C12H10F2N2O2S/c1-7-6-19-12(15-7)16-10(17)8-3-2-4-9(5-8)18-11(13)14/h2-6,11H,1H3,(H,15,16,17). The van der Waals surface area contributed by atoms with Gasteiger partial charge in [0.05, 0.1) is 5.69 Å². The largest absolute Gasteiger partial charge is 0.435 e. The molecule has 0 saturated heterocycles. The summed E-state index contributed by atoms with van der Waals surface area (Å²) >= 11 is 1.29. The predicted octanol–water partition coefficient (Wildman–Crippen LogP) is 3.31. The number of halogens is 2. The van der Waals surface area contributed by atoms with Crippen LogP contribution in [0.4, 0.5) is 13.9 Å². The van der Waals surface area contributed by atoms with Crippen molar-refractivity contribution in [1.82, 2.24) is 4.98 Å². The first kappa shape index (κ1) is 13.4. The fourth-order valence-corrected chi connectivity index (χ4v) is 2.08. The first-order valence-electron chi connectivity index (χ1n) is 5.33. The van der Waals surface area contributed by atoms with Crippen LogP contribution in [0.15, 0.2) is 29.6 Å². The van der Waals surface area contributed by atoms with E-state index in [9.17, 15) is 13.6 Å². The number of hydrogen-bond donors (Lipinski definition) is 1. The van der Waals surface area contributed by atoms with Crippen molar-refractivity contribution in [1.29, 1.82) is 0 Å². The van der Waals surface area contributed by atoms with Gasteiger partial charge in [-0.05, 0) is 25.1 Å². The maximum atomic E-state index is 12.1. The number of rotatable bonds is 4. The van der Waals surface area contributed by atoms with E-state index in [-0.39, 0.29) is 11.3 Å². The number of alkyl halides is 2. The first-order chi connectivity index (χ1) is 9.04. The zero-order valence-electron chi connectivity index (χ0n) is 9.89. The average Bonchev–Trinajstić information content (AvgIpc) is 2.74. The predicted molar refractivity (Wildman–Crippen MR) is 67.9 cm³/mol. The normalized spacial score (nSPS) is 10.5. The average molecular weight is 284 g/mol. The summed E-state index contributed by atoms with van der Waals surface area (Å²) in [4.78, 5) is 16.0. The SMILES string of the molecule is Cc1csc(NC(=O)c2cccc(OC(F)F)c2)n1. The number of carbonyl (C=O) groups is 1. The van der Waals surface area contributed by atoms with Gasteiger partial charge in [0.1, 0.15) is 5.75 Å². The summed E-state index contributed by atoms with van der Waals surface area (Å²) in [6.07, 6.45) is 0. The molecule has 0 spiro atoms. The number of hydrogen-bond acceptors (Lipinski definition) is 4. The van der Waals surface area contributed by atoms with Crippen LogP contribution in [-0.2, 0) is 0 Å². The minimum absolute atomic E-state index is 0.0574. The second-order valence-electron chi connectivity index (χ2n) is 3.65. The van der Waals surface area contributed by atoms with Gasteiger partial charge in [-0.2, -0.15) is 8.78 Å². The van der Waals surface area contributed by atoms with Crippen molar-refractivity contribution in [3.8, 4) is 5.75 Å². The minimum atomic E-state index is -2.92. The fraction of sp³-hybridized carbons (Fsp3) is 0.167. The molecule has 0 aliphatic carbocycles. The molecule has 0 fully saturated rings. The number of benzene rings is 1. The highest BCUT2D eigenvalue weighted by Crippen LogP contribution is 2.19. The molecule has 2 aromatic rings. The van der Waals surface area contributed by atoms with Gasteiger partial charge >= 0.3 is 6.61 Å². The summed E-state index contributed by atoms with van der Waals surface area (Å²) in [5.41, 5.74) is 1.03. The number of amides is 1. The van der Waals surface area contributed by atoms with E-state index < -0.39 is 12.5 Å². The van der Waals surface area contributed by atoms with Gasteiger partial charge in [-0.1, -0.05) is 6.07 Å². The zero-order chi connectivity index (χ0) is 13.8. The molecule has 0 atom stereocenters. The number of nitrogens with one attached hydrogen (secondary N) is 1. The topological polar surface area (TPSA) is 51.2 Å². The molecule has 0 aliphatic heterocycles. The number of aryl methyl sites for hydroxylation is 1. The second-order valence-corrected chi connectivity index (χ2v) is 4.51. The molecule has 1 aromatic carbocycles. The first-order valence-corrected chi connectivity index (χ1v) is 6.21. The zero-order valence-corrected chi connectivity index (χ0v) is 10.7. The third kappa shape index (κ3) is 3.72. The van der Waals surface area contributed by atoms with Crippen LogP contribution in [-0.4, -0.2) is 17.5 Å². The van der Waals surface area contributed by atoms with Crippen LogP contribution in [0.2, 0.25) is 0 Å². The Morgan fingerprint density at radius 2 is 2.26 bits per heavy atom. The van der Waals surface area contributed by atoms with Gasteiger partial charge in [0, 0.05) is 10.9 Å². The highest BCUT2D eigenvalue weighted by molar-refractivity contribution is 7.13. The van der Waals surface area contributed by atoms with Crippen molar-refractivity contribution in [2.75, 3.05) is 5.32 Å². The number of ether oxygens (including phenoxy) is 1. The van der Waals surface area contributed by atoms with Crippen molar-refractivity contribution in [3.05, 3.63) is 40.9 Å². The molecule has 1 N–H and O–H groups in total. The monoisotopic (exact) mass is 284 g/mol. The number of thiazole rings is 1. The van der Waals surface area contributed by atoms with Crippen LogP contribution in [0.5, 0.6) is 5.75 Å². The van der Waals surface area contributed by atoms with E-state index >= 15 is 0 Å². The quantitative estimate of drug-likeness (QED) is 0.937. The van der Waals surface area contributed by atoms with Gasteiger partial charge in [0.15, 0.2) is 5.13 Å². The van der Waals surface area contributed by atoms with Crippen LogP contribution in [0.1, 0.15) is 16.1 Å². The second kappa shape index (κ2) is 5.75. The molecule has 0 saturated carbocycles. The van der Waals surface area contributed by atoms with Gasteiger partial charge in [0.2, 0.25) is 0 Å². The summed E-state index contributed by atoms with van der Waals surface area (Å²) in [5, 5.41) is 4.84. The van der Waals surface area contributed by atoms with E-state index in [0.717, 1.165) is 5.69 Å². The third-order valence-electron chi connectivity index (χ3n) is 2.16. The highest BCUT2D eigenvalue weighted by atomic mass is 32.1. The molecule has 19 heavy (non-hydrogen) atoms. The number of anilines is 1. The van der Waals surface area contributed by atoms with Gasteiger partial charge in [-0.25, -0.2) is 4.98 Å². The van der Waals surface area contributed by atoms with Crippen LogP contribution in [0.3, 0.4) is 0 Å². The van der Waals surface area contributed by atoms with Gasteiger partial charge in [0.25, 0.3) is 5.91 Å². The van der Waals surface area contributed by atoms with Gasteiger partial charge in [-0.3, -0.25) is 10.1 Å². The van der Waals surface area contributed by atoms with Crippen molar-refractivity contribution < 1.29 is 18.3 Å². The summed E-state index contributed by atoms with van der Waals surface area (Å²) in [5.74, 6) is -0.480. The summed E-state index contributed by atoms with van der Waals surface area (Å²) < 4.78 is 28.4. The minimum Gasteiger partial charge on any atom is -0.435 e. The Hall–Kier alpha value is -2.02. The number of carbonyl (C=O) groups excluding carboxylic acids is 1. The van der Waals surface area contributed by atoms with E-state index in [4.69, 9.17) is 0 Å². The molecule has 2 rings (SSSR count). The van der Waals surface area contributed by atoms with E-state index in [1.165, 1.54) is 35.6 Å². The molecular weight excluding hydrogens is 274 g/mol. The Bertz CT molecular complexity index is 587. The molecule has 0 unspecified atom stereocenters. The van der Waals surface area contributed by atoms with Crippen molar-refractivity contribution in [3.63, 3.8) is 0 Å². The molecule has 1 heterocycles. The van der Waals surface area contributed by atoms with Gasteiger partial charge < -0.3 is 4.74 Å². The van der Waals surface area contributed by atoms with Crippen LogP contribution >= 0.6 is 11.3 Å². The Morgan fingerprint density at radius 1 is 1.47 bits per heavy atom. The Balaban J connectivity index is 2.10. The van der Waals surface area contributed by atoms with E-state index in [1.54, 1.807) is 5.38 Å². The molecule has 0 aliphatic rings. The lowest BCUT2D eigenvalue weighted by atomic mass is 10.2. The number of nitrogens with zero attached hydrogens (tertiary/aromatic N) is 1. The number of aromatic nitrogens is 1. The lowest BCUT2D eigenvalue weighted by Gasteiger charge is -2.06. The van der Waals surface area contributed by atoms with E-state index in [1.807, 2.05) is 6.92 Å². The Kier molecular flexibility index (Phi) is 4.06. The van der Waals surface area contributed by atoms with E-state index in [0.29, 0.717) is 5.13 Å². The van der Waals surface area contributed by atoms with Gasteiger partial charge in [-0.15, -0.1) is 11.3 Å². The molecule has 7 heteroatoms. The van der Waals surface area contributed by atoms with Crippen LogP contribution in [0, 0.1) is 6.92 Å². The molecule has 4 nitrogen and oxygen atoms in total. The van der Waals surface area contributed by atoms with Crippen molar-refractivity contribution >= 4 is 22.4 Å². The maximum Gasteiger partial charge on any atom is 0.387 e. The van der Waals surface area contributed by atoms with Crippen LogP contribution < -0.4 is 10.1 Å². The molecule has 100 valence electrons. The summed E-state index contributed by atoms with van der Waals surface area (Å²) in [6, 6.07) is 5.59. The summed E-state index contributed by atoms with van der Waals surface area (Å²) in [7, 11) is 0. The lowest BCUT2D eigenvalue weighted by molar-refractivity contribution is -0.0498. The lowest BCUT2D eigenvalue weighted by Crippen LogP contribution is -2.12. The van der Waals surface area contributed by atoms with E-state index in [2.05, 4.69) is 15.0 Å². The Labute approximate surface area is 112 Å². The maximum absolute atomic E-state index is 12.1. The molecule has 1 amide bonds. The molecule has 0 radical (unpaired) electrons. The third-order valence-corrected chi connectivity index (χ3v) is 3.04. The summed E-state index contributed by atoms with van der Waals surface area (Å²) in [6.45, 7) is -1.11. The smallest absolute Gasteiger partial charge is 0.387 e. The highest BCUT2D eigenvalue weighted by Gasteiger charge is 2.11. The van der Waals surface area contributed by atoms with Crippen molar-refractivity contribution in [2.45, 2.75) is 13.5 Å². The van der Waals surface area contributed by atoms with Crippen molar-refractivity contribution in [2.24, 2.45) is 0 Å². The fourth-order valence-electron chi connectivity index (χ4n) is 1.39.